The first-order valence-corrected chi connectivity index (χ1v) is 8.55. The summed E-state index contributed by atoms with van der Waals surface area (Å²) >= 11 is 0. The van der Waals surface area contributed by atoms with E-state index in [4.69, 9.17) is 24.7 Å². The van der Waals surface area contributed by atoms with E-state index in [1.165, 1.54) is 10.8 Å². The van der Waals surface area contributed by atoms with Crippen molar-refractivity contribution in [3.63, 3.8) is 0 Å². The normalized spacial score (nSPS) is 30.7. The van der Waals surface area contributed by atoms with E-state index in [0.717, 1.165) is 0 Å². The van der Waals surface area contributed by atoms with Crippen molar-refractivity contribution in [1.82, 2.24) is 14.6 Å². The van der Waals surface area contributed by atoms with Crippen LogP contribution in [-0.2, 0) is 18.9 Å². The van der Waals surface area contributed by atoms with Crippen LogP contribution in [0.15, 0.2) is 18.5 Å². The number of nitrogens with two attached hydrogens (primary N) is 1. The summed E-state index contributed by atoms with van der Waals surface area (Å²) < 4.78 is 22.4. The molecule has 0 spiro atoms. The highest BCUT2D eigenvalue weighted by Gasteiger charge is 2.45. The maximum atomic E-state index is 11.7. The van der Waals surface area contributed by atoms with Crippen LogP contribution in [0.4, 0.5) is 10.6 Å². The molecule has 0 aliphatic carbocycles. The molecule has 27 heavy (non-hydrogen) atoms. The van der Waals surface area contributed by atoms with Gasteiger partial charge in [-0.25, -0.2) is 14.3 Å². The fraction of sp³-hybridized carbons (Fsp3) is 0.562. The molecule has 0 saturated carbocycles. The van der Waals surface area contributed by atoms with Crippen LogP contribution in [0.5, 0.6) is 0 Å². The zero-order chi connectivity index (χ0) is 19.0. The van der Waals surface area contributed by atoms with Gasteiger partial charge >= 0.3 is 6.16 Å². The van der Waals surface area contributed by atoms with Gasteiger partial charge < -0.3 is 34.9 Å². The quantitative estimate of drug-likeness (QED) is 0.587. The van der Waals surface area contributed by atoms with Crippen molar-refractivity contribution in [2.24, 2.45) is 0 Å². The average Bonchev–Trinajstić information content (AvgIpc) is 3.36. The average molecular weight is 380 g/mol. The third-order valence-corrected chi connectivity index (χ3v) is 4.68. The Labute approximate surface area is 153 Å². The first kappa shape index (κ1) is 17.9. The number of rotatable bonds is 4. The second-order valence-corrected chi connectivity index (χ2v) is 6.44. The van der Waals surface area contributed by atoms with E-state index >= 15 is 0 Å². The Balaban J connectivity index is 1.41. The van der Waals surface area contributed by atoms with Crippen LogP contribution in [-0.4, -0.2) is 75.2 Å². The first-order chi connectivity index (χ1) is 13.0. The molecule has 2 fully saturated rings. The Kier molecular flexibility index (Phi) is 4.83. The van der Waals surface area contributed by atoms with Crippen LogP contribution in [0, 0.1) is 0 Å². The molecule has 0 bridgehead atoms. The van der Waals surface area contributed by atoms with Crippen LogP contribution in [0.1, 0.15) is 18.2 Å². The number of fused-ring (bicyclic) bond motifs is 1. The minimum absolute atomic E-state index is 0.262. The van der Waals surface area contributed by atoms with Crippen molar-refractivity contribution in [3.05, 3.63) is 24.2 Å². The zero-order valence-corrected chi connectivity index (χ0v) is 14.3. The fourth-order valence-electron chi connectivity index (χ4n) is 3.25. The molecule has 11 heteroatoms. The topological polar surface area (TPSA) is 151 Å². The van der Waals surface area contributed by atoms with Gasteiger partial charge in [-0.3, -0.25) is 0 Å². The van der Waals surface area contributed by atoms with E-state index < -0.39 is 30.6 Å². The van der Waals surface area contributed by atoms with Gasteiger partial charge in [0.1, 0.15) is 49.0 Å². The number of nitrogens with zero attached hydrogens (tertiary/aromatic N) is 3. The lowest BCUT2D eigenvalue weighted by Gasteiger charge is -2.15. The Hall–Kier alpha value is -2.47. The van der Waals surface area contributed by atoms with Crippen LogP contribution in [0.3, 0.4) is 0 Å². The fourth-order valence-corrected chi connectivity index (χ4v) is 3.25. The highest BCUT2D eigenvalue weighted by atomic mass is 16.7. The molecule has 0 amide bonds. The monoisotopic (exact) mass is 380 g/mol. The molecule has 0 aromatic carbocycles. The van der Waals surface area contributed by atoms with Gasteiger partial charge in [-0.15, -0.1) is 0 Å². The van der Waals surface area contributed by atoms with Gasteiger partial charge in [0, 0.05) is 6.42 Å². The molecule has 146 valence electrons. The summed E-state index contributed by atoms with van der Waals surface area (Å²) in [6, 6.07) is 3.37. The molecule has 2 aliphatic heterocycles. The molecule has 5 atom stereocenters. The number of aliphatic hydroxyl groups is 2. The number of aromatic nitrogens is 3. The van der Waals surface area contributed by atoms with Gasteiger partial charge in [0.15, 0.2) is 5.82 Å². The van der Waals surface area contributed by atoms with Crippen LogP contribution in [0.2, 0.25) is 0 Å². The van der Waals surface area contributed by atoms with E-state index in [1.807, 2.05) is 0 Å². The summed E-state index contributed by atoms with van der Waals surface area (Å²) in [6.07, 6.45) is -3.56. The number of aliphatic hydroxyl groups excluding tert-OH is 2. The van der Waals surface area contributed by atoms with E-state index in [9.17, 15) is 15.0 Å². The molecular formula is C16H20N4O7. The van der Waals surface area contributed by atoms with Crippen molar-refractivity contribution in [2.45, 2.75) is 36.9 Å². The highest BCUT2D eigenvalue weighted by molar-refractivity contribution is 5.65. The third-order valence-electron chi connectivity index (χ3n) is 4.68. The number of carbonyl (C=O) groups excluding carboxylic acids is 1. The predicted molar refractivity (Wildman–Crippen MR) is 88.7 cm³/mol. The Morgan fingerprint density at radius 3 is 3.00 bits per heavy atom. The summed E-state index contributed by atoms with van der Waals surface area (Å²) in [5.41, 5.74) is 6.85. The molecule has 2 aliphatic rings. The zero-order valence-electron chi connectivity index (χ0n) is 14.3. The maximum Gasteiger partial charge on any atom is 0.508 e. The lowest BCUT2D eigenvalue weighted by Crippen LogP contribution is -2.34. The summed E-state index contributed by atoms with van der Waals surface area (Å²) in [5.74, 6) is 0.280. The molecule has 2 saturated heterocycles. The highest BCUT2D eigenvalue weighted by Crippen LogP contribution is 2.34. The number of anilines is 1. The van der Waals surface area contributed by atoms with E-state index in [-0.39, 0.29) is 18.5 Å². The summed E-state index contributed by atoms with van der Waals surface area (Å²) in [4.78, 5) is 15.6. The SMILES string of the molecule is Nc1ncnn2c([C@@H]3O[C@H](COC(=O)O[C@@H]4CCOC4)[C@@H](O)[C@H]3O)ccc12. The lowest BCUT2D eigenvalue weighted by atomic mass is 10.1. The number of ether oxygens (including phenoxy) is 4. The number of carbonyl (C=O) groups is 1. The van der Waals surface area contributed by atoms with E-state index in [2.05, 4.69) is 10.1 Å². The number of hydrogen-bond donors (Lipinski definition) is 3. The smallest absolute Gasteiger partial charge is 0.431 e. The number of nitrogen functional groups attached to an aromatic ring is 1. The Morgan fingerprint density at radius 2 is 2.22 bits per heavy atom. The van der Waals surface area contributed by atoms with E-state index in [0.29, 0.717) is 30.8 Å². The van der Waals surface area contributed by atoms with Gasteiger partial charge in [-0.2, -0.15) is 5.10 Å². The Bertz CT molecular complexity index is 822. The second-order valence-electron chi connectivity index (χ2n) is 6.44. The minimum atomic E-state index is -1.25. The van der Waals surface area contributed by atoms with Crippen molar-refractivity contribution in [2.75, 3.05) is 25.6 Å². The lowest BCUT2D eigenvalue weighted by molar-refractivity contribution is -0.0488. The van der Waals surface area contributed by atoms with Crippen molar-refractivity contribution >= 4 is 17.5 Å². The van der Waals surface area contributed by atoms with Crippen LogP contribution in [0.25, 0.3) is 5.52 Å². The molecule has 2 aromatic heterocycles. The predicted octanol–water partition coefficient (Wildman–Crippen LogP) is -0.585. The summed E-state index contributed by atoms with van der Waals surface area (Å²) in [6.45, 7) is 0.613. The van der Waals surface area contributed by atoms with Crippen molar-refractivity contribution in [3.8, 4) is 0 Å². The van der Waals surface area contributed by atoms with Crippen molar-refractivity contribution < 1.29 is 34.0 Å². The van der Waals surface area contributed by atoms with Gasteiger partial charge in [0.25, 0.3) is 0 Å². The summed E-state index contributed by atoms with van der Waals surface area (Å²) in [5, 5.41) is 24.7. The van der Waals surface area contributed by atoms with Gasteiger partial charge in [0.05, 0.1) is 18.9 Å². The largest absolute Gasteiger partial charge is 0.508 e. The molecule has 0 radical (unpaired) electrons. The summed E-state index contributed by atoms with van der Waals surface area (Å²) in [7, 11) is 0. The second kappa shape index (κ2) is 7.27. The molecule has 11 nitrogen and oxygen atoms in total. The molecule has 0 unspecified atom stereocenters. The van der Waals surface area contributed by atoms with Crippen LogP contribution < -0.4 is 5.73 Å². The molecule has 4 N–H and O–H groups in total. The van der Waals surface area contributed by atoms with Gasteiger partial charge in [-0.05, 0) is 12.1 Å². The minimum Gasteiger partial charge on any atom is -0.431 e. The van der Waals surface area contributed by atoms with Crippen molar-refractivity contribution in [1.29, 1.82) is 0 Å². The number of hydrogen-bond acceptors (Lipinski definition) is 10. The molecular weight excluding hydrogens is 360 g/mol. The maximum absolute atomic E-state index is 11.7. The Morgan fingerprint density at radius 1 is 1.37 bits per heavy atom. The third kappa shape index (κ3) is 3.41. The van der Waals surface area contributed by atoms with Crippen LogP contribution >= 0.6 is 0 Å². The van der Waals surface area contributed by atoms with Gasteiger partial charge in [0.2, 0.25) is 0 Å². The van der Waals surface area contributed by atoms with Gasteiger partial charge in [-0.1, -0.05) is 0 Å². The standard InChI is InChI=1S/C16H20N4O7/c17-15-10-2-1-9(20(10)19-7-18-15)14-13(22)12(21)11(27-14)6-25-16(23)26-8-3-4-24-5-8/h1-2,7-8,11-14,21-22H,3-6H2,(H2,17,18,19)/t8-,11-,12-,13-,14+/m1/s1. The molecule has 4 rings (SSSR count). The first-order valence-electron chi connectivity index (χ1n) is 8.55. The molecule has 4 heterocycles. The van der Waals surface area contributed by atoms with E-state index in [1.54, 1.807) is 12.1 Å². The molecule has 2 aromatic rings.